The fraction of sp³-hybridized carbons (Fsp3) is 0.381. The molecule has 26 heavy (non-hydrogen) atoms. The largest absolute Gasteiger partial charge is 0.376 e. The van der Waals surface area contributed by atoms with Crippen molar-refractivity contribution in [2.24, 2.45) is 5.92 Å². The Morgan fingerprint density at radius 2 is 2.15 bits per heavy atom. The average Bonchev–Trinajstić information content (AvgIpc) is 3.01. The second-order valence-corrected chi connectivity index (χ2v) is 7.00. The SMILES string of the molecule is Cc1cccc(COC[C@@H]2C=C(c3ccnc4ncnn34)CCCC2)c1. The van der Waals surface area contributed by atoms with Gasteiger partial charge in [-0.1, -0.05) is 42.3 Å². The number of hydrogen-bond donors (Lipinski definition) is 0. The molecule has 0 amide bonds. The molecule has 0 unspecified atom stereocenters. The number of fused-ring (bicyclic) bond motifs is 1. The number of aryl methyl sites for hydroxylation is 1. The number of rotatable bonds is 5. The predicted octanol–water partition coefficient (Wildman–Crippen LogP) is 4.22. The zero-order valence-electron chi connectivity index (χ0n) is 15.1. The van der Waals surface area contributed by atoms with Crippen LogP contribution in [0, 0.1) is 12.8 Å². The first-order valence-corrected chi connectivity index (χ1v) is 9.29. The summed E-state index contributed by atoms with van der Waals surface area (Å²) in [6.07, 6.45) is 10.4. The van der Waals surface area contributed by atoms with Crippen molar-refractivity contribution in [1.29, 1.82) is 0 Å². The van der Waals surface area contributed by atoms with Gasteiger partial charge in [0.1, 0.15) is 6.33 Å². The fourth-order valence-corrected chi connectivity index (χ4v) is 3.63. The van der Waals surface area contributed by atoms with Crippen LogP contribution in [-0.4, -0.2) is 26.2 Å². The Bertz CT molecular complexity index is 915. The molecule has 0 saturated heterocycles. The van der Waals surface area contributed by atoms with E-state index in [4.69, 9.17) is 4.74 Å². The molecule has 0 N–H and O–H groups in total. The molecule has 0 radical (unpaired) electrons. The molecule has 3 aromatic rings. The molecule has 5 heteroatoms. The van der Waals surface area contributed by atoms with Crippen LogP contribution in [0.1, 0.15) is 42.5 Å². The minimum atomic E-state index is 0.434. The van der Waals surface area contributed by atoms with Gasteiger partial charge in [-0.3, -0.25) is 0 Å². The first kappa shape index (κ1) is 16.9. The summed E-state index contributed by atoms with van der Waals surface area (Å²) < 4.78 is 7.87. The van der Waals surface area contributed by atoms with Crippen molar-refractivity contribution in [1.82, 2.24) is 19.6 Å². The molecule has 2 aromatic heterocycles. The highest BCUT2D eigenvalue weighted by molar-refractivity contribution is 5.64. The van der Waals surface area contributed by atoms with Crippen LogP contribution in [0.4, 0.5) is 0 Å². The third-order valence-corrected chi connectivity index (χ3v) is 4.90. The third kappa shape index (κ3) is 3.83. The molecule has 0 fully saturated rings. The minimum Gasteiger partial charge on any atom is -0.376 e. The topological polar surface area (TPSA) is 52.3 Å². The molecule has 1 aliphatic rings. The first-order valence-electron chi connectivity index (χ1n) is 9.29. The van der Waals surface area contributed by atoms with Gasteiger partial charge in [0.25, 0.3) is 5.78 Å². The van der Waals surface area contributed by atoms with Gasteiger partial charge in [-0.2, -0.15) is 14.6 Å². The summed E-state index contributed by atoms with van der Waals surface area (Å²) in [4.78, 5) is 8.46. The normalized spacial score (nSPS) is 17.9. The summed E-state index contributed by atoms with van der Waals surface area (Å²) in [5.41, 5.74) is 4.93. The smallest absolute Gasteiger partial charge is 0.252 e. The molecule has 134 valence electrons. The standard InChI is InChI=1S/C21H24N4O/c1-16-5-4-7-17(11-16)13-26-14-18-6-2-3-8-19(12-18)20-9-10-22-21-23-15-24-25(20)21/h4-5,7,9-12,15,18H,2-3,6,8,13-14H2,1H3/t18-/m0/s1. The van der Waals surface area contributed by atoms with E-state index < -0.39 is 0 Å². The summed E-state index contributed by atoms with van der Waals surface area (Å²) in [6.45, 7) is 3.54. The van der Waals surface area contributed by atoms with Gasteiger partial charge in [-0.15, -0.1) is 0 Å². The number of hydrogen-bond acceptors (Lipinski definition) is 4. The van der Waals surface area contributed by atoms with Crippen LogP contribution in [0.2, 0.25) is 0 Å². The summed E-state index contributed by atoms with van der Waals surface area (Å²) >= 11 is 0. The molecule has 1 aliphatic carbocycles. The molecule has 1 aromatic carbocycles. The molecular weight excluding hydrogens is 324 g/mol. The van der Waals surface area contributed by atoms with E-state index in [-0.39, 0.29) is 0 Å². The van der Waals surface area contributed by atoms with Crippen LogP contribution in [0.15, 0.2) is 48.9 Å². The van der Waals surface area contributed by atoms with E-state index in [1.54, 1.807) is 6.33 Å². The van der Waals surface area contributed by atoms with E-state index in [1.807, 2.05) is 16.8 Å². The highest BCUT2D eigenvalue weighted by Crippen LogP contribution is 2.29. The van der Waals surface area contributed by atoms with Gasteiger partial charge in [-0.05, 0) is 43.4 Å². The molecule has 4 rings (SSSR count). The van der Waals surface area contributed by atoms with Gasteiger partial charge in [0.15, 0.2) is 0 Å². The highest BCUT2D eigenvalue weighted by atomic mass is 16.5. The van der Waals surface area contributed by atoms with E-state index in [9.17, 15) is 0 Å². The summed E-state index contributed by atoms with van der Waals surface area (Å²) in [5.74, 6) is 1.09. The molecule has 0 saturated carbocycles. The number of ether oxygens (including phenoxy) is 1. The van der Waals surface area contributed by atoms with Crippen LogP contribution >= 0.6 is 0 Å². The van der Waals surface area contributed by atoms with Gasteiger partial charge >= 0.3 is 0 Å². The van der Waals surface area contributed by atoms with Crippen molar-refractivity contribution in [2.75, 3.05) is 6.61 Å². The van der Waals surface area contributed by atoms with Gasteiger partial charge < -0.3 is 4.74 Å². The van der Waals surface area contributed by atoms with E-state index in [0.29, 0.717) is 18.3 Å². The number of aromatic nitrogens is 4. The first-order chi connectivity index (χ1) is 12.8. The Morgan fingerprint density at radius 3 is 3.08 bits per heavy atom. The predicted molar refractivity (Wildman–Crippen MR) is 102 cm³/mol. The van der Waals surface area contributed by atoms with Gasteiger partial charge in [0.05, 0.1) is 18.9 Å². The van der Waals surface area contributed by atoms with Crippen molar-refractivity contribution in [2.45, 2.75) is 39.2 Å². The van der Waals surface area contributed by atoms with Crippen molar-refractivity contribution in [3.63, 3.8) is 0 Å². The van der Waals surface area contributed by atoms with Gasteiger partial charge in [-0.25, -0.2) is 4.98 Å². The van der Waals surface area contributed by atoms with Crippen LogP contribution < -0.4 is 0 Å². The lowest BCUT2D eigenvalue weighted by Crippen LogP contribution is -2.08. The Kier molecular flexibility index (Phi) is 5.07. The summed E-state index contributed by atoms with van der Waals surface area (Å²) in [7, 11) is 0. The Balaban J connectivity index is 1.47. The van der Waals surface area contributed by atoms with E-state index in [0.717, 1.165) is 18.7 Å². The second kappa shape index (κ2) is 7.79. The lowest BCUT2D eigenvalue weighted by molar-refractivity contribution is 0.0971. The van der Waals surface area contributed by atoms with E-state index in [1.165, 1.54) is 36.0 Å². The third-order valence-electron chi connectivity index (χ3n) is 4.90. The molecule has 1 atom stereocenters. The molecule has 0 spiro atoms. The Labute approximate surface area is 153 Å². The lowest BCUT2D eigenvalue weighted by Gasteiger charge is -2.13. The van der Waals surface area contributed by atoms with Crippen LogP contribution in [0.3, 0.4) is 0 Å². The summed E-state index contributed by atoms with van der Waals surface area (Å²) in [5, 5.41) is 4.33. The molecule has 0 bridgehead atoms. The van der Waals surface area contributed by atoms with Gasteiger partial charge in [0.2, 0.25) is 0 Å². The maximum Gasteiger partial charge on any atom is 0.252 e. The molecule has 2 heterocycles. The van der Waals surface area contributed by atoms with Crippen molar-refractivity contribution < 1.29 is 4.74 Å². The molecule has 5 nitrogen and oxygen atoms in total. The second-order valence-electron chi connectivity index (χ2n) is 7.00. The minimum absolute atomic E-state index is 0.434. The number of nitrogens with zero attached hydrogens (tertiary/aromatic N) is 4. The van der Waals surface area contributed by atoms with E-state index in [2.05, 4.69) is 52.3 Å². The summed E-state index contributed by atoms with van der Waals surface area (Å²) in [6, 6.07) is 10.5. The van der Waals surface area contributed by atoms with Crippen molar-refractivity contribution >= 4 is 11.4 Å². The highest BCUT2D eigenvalue weighted by Gasteiger charge is 2.16. The maximum atomic E-state index is 6.03. The average molecular weight is 348 g/mol. The maximum absolute atomic E-state index is 6.03. The molecular formula is C21H24N4O. The zero-order valence-corrected chi connectivity index (χ0v) is 15.1. The van der Waals surface area contributed by atoms with Crippen LogP contribution in [-0.2, 0) is 11.3 Å². The fourth-order valence-electron chi connectivity index (χ4n) is 3.63. The zero-order chi connectivity index (χ0) is 17.8. The Hall–Kier alpha value is -2.53. The number of allylic oxidation sites excluding steroid dienone is 1. The Morgan fingerprint density at radius 1 is 1.19 bits per heavy atom. The van der Waals surface area contributed by atoms with Crippen LogP contribution in [0.5, 0.6) is 0 Å². The monoisotopic (exact) mass is 348 g/mol. The lowest BCUT2D eigenvalue weighted by atomic mass is 10.0. The van der Waals surface area contributed by atoms with Crippen molar-refractivity contribution in [3.05, 3.63) is 65.8 Å². The molecule has 0 aliphatic heterocycles. The number of benzene rings is 1. The quantitative estimate of drug-likeness (QED) is 0.692. The van der Waals surface area contributed by atoms with Crippen LogP contribution in [0.25, 0.3) is 11.4 Å². The van der Waals surface area contributed by atoms with Crippen molar-refractivity contribution in [3.8, 4) is 0 Å². The van der Waals surface area contributed by atoms with Gasteiger partial charge in [0, 0.05) is 12.1 Å². The van der Waals surface area contributed by atoms with E-state index >= 15 is 0 Å².